The molecule has 4 nitrogen and oxygen atoms in total. The highest BCUT2D eigenvalue weighted by Gasteiger charge is 2.23. The number of allylic oxidation sites excluding steroid dienone is 2. The second kappa shape index (κ2) is 7.04. The van der Waals surface area contributed by atoms with Gasteiger partial charge < -0.3 is 14.5 Å². The van der Waals surface area contributed by atoms with Gasteiger partial charge in [-0.05, 0) is 55.8 Å². The molecule has 0 saturated carbocycles. The number of rotatable bonds is 4. The fourth-order valence-corrected chi connectivity index (χ4v) is 2.91. The first-order valence-corrected chi connectivity index (χ1v) is 8.26. The topological polar surface area (TPSA) is 51.5 Å². The summed E-state index contributed by atoms with van der Waals surface area (Å²) in [4.78, 5) is 12.5. The number of methoxy groups -OCH3 is 1. The van der Waals surface area contributed by atoms with E-state index in [0.29, 0.717) is 33.6 Å². The number of hydrogen-bond acceptors (Lipinski definition) is 3. The van der Waals surface area contributed by atoms with Crippen LogP contribution in [-0.2, 0) is 0 Å². The van der Waals surface area contributed by atoms with E-state index in [9.17, 15) is 9.18 Å². The van der Waals surface area contributed by atoms with E-state index in [1.54, 1.807) is 32.4 Å². The van der Waals surface area contributed by atoms with Gasteiger partial charge >= 0.3 is 0 Å². The number of fused-ring (bicyclic) bond motifs is 1. The number of furan rings is 1. The molecule has 5 heteroatoms. The molecule has 0 unspecified atom stereocenters. The second-order valence-electron chi connectivity index (χ2n) is 5.91. The summed E-state index contributed by atoms with van der Waals surface area (Å²) in [5.74, 6) is 0.432. The van der Waals surface area contributed by atoms with Gasteiger partial charge in [-0.3, -0.25) is 4.79 Å². The SMILES string of the molecule is C/C=C(\C)c1cc2oc(-c3ccc(F)cc3)c(C(=O)NC)c2cc1OC. The molecule has 0 radical (unpaired) electrons. The van der Waals surface area contributed by atoms with Gasteiger partial charge in [0, 0.05) is 23.6 Å². The normalized spacial score (nSPS) is 11.7. The van der Waals surface area contributed by atoms with Crippen LogP contribution in [-0.4, -0.2) is 20.1 Å². The average molecular weight is 353 g/mol. The standard InChI is InChI=1S/C21H20FNO3/c1-5-12(2)15-10-18-16(11-17(15)25-4)19(21(24)23-3)20(26-18)13-6-8-14(22)9-7-13/h5-11H,1-4H3,(H,23,24)/b12-5+. The maximum atomic E-state index is 13.3. The van der Waals surface area contributed by atoms with E-state index in [-0.39, 0.29) is 11.7 Å². The van der Waals surface area contributed by atoms with Crippen LogP contribution < -0.4 is 10.1 Å². The Morgan fingerprint density at radius 3 is 2.50 bits per heavy atom. The highest BCUT2D eigenvalue weighted by molar-refractivity contribution is 6.11. The van der Waals surface area contributed by atoms with Gasteiger partial charge in [0.25, 0.3) is 5.91 Å². The monoisotopic (exact) mass is 353 g/mol. The van der Waals surface area contributed by atoms with Gasteiger partial charge in [-0.25, -0.2) is 4.39 Å². The number of benzene rings is 2. The molecule has 0 aliphatic carbocycles. The van der Waals surface area contributed by atoms with Crippen molar-refractivity contribution in [2.24, 2.45) is 0 Å². The van der Waals surface area contributed by atoms with E-state index in [0.717, 1.165) is 11.1 Å². The lowest BCUT2D eigenvalue weighted by atomic mass is 10.0. The van der Waals surface area contributed by atoms with Gasteiger partial charge in [0.05, 0.1) is 12.7 Å². The fourth-order valence-electron chi connectivity index (χ4n) is 2.91. The van der Waals surface area contributed by atoms with Crippen LogP contribution in [0.5, 0.6) is 5.75 Å². The van der Waals surface area contributed by atoms with Crippen LogP contribution in [0, 0.1) is 5.82 Å². The highest BCUT2D eigenvalue weighted by Crippen LogP contribution is 2.39. The highest BCUT2D eigenvalue weighted by atomic mass is 19.1. The van der Waals surface area contributed by atoms with Crippen molar-refractivity contribution >= 4 is 22.4 Å². The van der Waals surface area contributed by atoms with Crippen molar-refractivity contribution in [3.63, 3.8) is 0 Å². The van der Waals surface area contributed by atoms with Crippen LogP contribution in [0.2, 0.25) is 0 Å². The second-order valence-corrected chi connectivity index (χ2v) is 5.91. The molecule has 0 bridgehead atoms. The van der Waals surface area contributed by atoms with Crippen LogP contribution in [0.1, 0.15) is 29.8 Å². The number of hydrogen-bond donors (Lipinski definition) is 1. The Labute approximate surface area is 151 Å². The van der Waals surface area contributed by atoms with Crippen LogP contribution >= 0.6 is 0 Å². The summed E-state index contributed by atoms with van der Waals surface area (Å²) < 4.78 is 24.8. The molecule has 3 aromatic rings. The van der Waals surface area contributed by atoms with Crippen molar-refractivity contribution in [3.8, 4) is 17.1 Å². The Bertz CT molecular complexity index is 1000. The molecule has 0 fully saturated rings. The summed E-state index contributed by atoms with van der Waals surface area (Å²) in [7, 11) is 3.15. The first-order chi connectivity index (χ1) is 12.5. The van der Waals surface area contributed by atoms with Gasteiger partial charge in [-0.15, -0.1) is 0 Å². The molecule has 1 heterocycles. The summed E-state index contributed by atoms with van der Waals surface area (Å²) >= 11 is 0. The minimum Gasteiger partial charge on any atom is -0.496 e. The van der Waals surface area contributed by atoms with Gasteiger partial charge in [0.2, 0.25) is 0 Å². The number of carbonyl (C=O) groups excluding carboxylic acids is 1. The predicted molar refractivity (Wildman–Crippen MR) is 101 cm³/mol. The minimum absolute atomic E-state index is 0.277. The number of nitrogens with one attached hydrogen (secondary N) is 1. The van der Waals surface area contributed by atoms with Gasteiger partial charge in [-0.1, -0.05) is 6.08 Å². The Kier molecular flexibility index (Phi) is 4.80. The molecule has 0 saturated heterocycles. The van der Waals surface area contributed by atoms with Crippen LogP contribution in [0.4, 0.5) is 4.39 Å². The summed E-state index contributed by atoms with van der Waals surface area (Å²) in [6.07, 6.45) is 1.98. The zero-order chi connectivity index (χ0) is 18.8. The first kappa shape index (κ1) is 17.7. The summed E-state index contributed by atoms with van der Waals surface area (Å²) in [6, 6.07) is 9.53. The van der Waals surface area contributed by atoms with E-state index < -0.39 is 0 Å². The predicted octanol–water partition coefficient (Wildman–Crippen LogP) is 5.03. The lowest BCUT2D eigenvalue weighted by Gasteiger charge is -2.09. The smallest absolute Gasteiger partial charge is 0.255 e. The number of carbonyl (C=O) groups is 1. The van der Waals surface area contributed by atoms with Gasteiger partial charge in [-0.2, -0.15) is 0 Å². The van der Waals surface area contributed by atoms with Crippen molar-refractivity contribution in [2.75, 3.05) is 14.2 Å². The molecule has 2 aromatic carbocycles. The zero-order valence-electron chi connectivity index (χ0n) is 15.1. The van der Waals surface area contributed by atoms with Crippen LogP contribution in [0.15, 0.2) is 46.9 Å². The van der Waals surface area contributed by atoms with E-state index in [1.807, 2.05) is 26.0 Å². The third-order valence-corrected chi connectivity index (χ3v) is 4.43. The molecule has 134 valence electrons. The summed E-state index contributed by atoms with van der Waals surface area (Å²) in [5.41, 5.74) is 3.52. The van der Waals surface area contributed by atoms with Crippen molar-refractivity contribution in [2.45, 2.75) is 13.8 Å². The number of amides is 1. The van der Waals surface area contributed by atoms with Crippen molar-refractivity contribution in [3.05, 3.63) is 59.4 Å². The summed E-state index contributed by atoms with van der Waals surface area (Å²) in [6.45, 7) is 3.92. The molecule has 1 N–H and O–H groups in total. The number of halogens is 1. The minimum atomic E-state index is -0.348. The maximum Gasteiger partial charge on any atom is 0.255 e. The van der Waals surface area contributed by atoms with Crippen molar-refractivity contribution < 1.29 is 18.3 Å². The molecular formula is C21H20FNO3. The molecule has 3 rings (SSSR count). The first-order valence-electron chi connectivity index (χ1n) is 8.26. The third kappa shape index (κ3) is 2.96. The molecule has 1 amide bonds. The van der Waals surface area contributed by atoms with E-state index in [2.05, 4.69) is 5.32 Å². The Hall–Kier alpha value is -3.08. The summed E-state index contributed by atoms with van der Waals surface area (Å²) in [5, 5.41) is 3.29. The Morgan fingerprint density at radius 2 is 1.92 bits per heavy atom. The van der Waals surface area contributed by atoms with Gasteiger partial charge in [0.15, 0.2) is 0 Å². The van der Waals surface area contributed by atoms with Crippen LogP contribution in [0.25, 0.3) is 27.9 Å². The lowest BCUT2D eigenvalue weighted by Crippen LogP contribution is -2.18. The quantitative estimate of drug-likeness (QED) is 0.716. The molecule has 0 aliphatic heterocycles. The molecular weight excluding hydrogens is 333 g/mol. The maximum absolute atomic E-state index is 13.3. The molecule has 0 aliphatic rings. The van der Waals surface area contributed by atoms with E-state index in [1.165, 1.54) is 12.1 Å². The van der Waals surface area contributed by atoms with Crippen molar-refractivity contribution in [1.82, 2.24) is 5.32 Å². The van der Waals surface area contributed by atoms with Crippen LogP contribution in [0.3, 0.4) is 0 Å². The van der Waals surface area contributed by atoms with Crippen molar-refractivity contribution in [1.29, 1.82) is 0 Å². The van der Waals surface area contributed by atoms with E-state index in [4.69, 9.17) is 9.15 Å². The van der Waals surface area contributed by atoms with Gasteiger partial charge in [0.1, 0.15) is 22.9 Å². The Morgan fingerprint density at radius 1 is 1.23 bits per heavy atom. The zero-order valence-corrected chi connectivity index (χ0v) is 15.1. The molecule has 0 atom stereocenters. The Balaban J connectivity index is 2.34. The molecule has 0 spiro atoms. The average Bonchev–Trinajstić information content (AvgIpc) is 3.04. The molecule has 26 heavy (non-hydrogen) atoms. The van der Waals surface area contributed by atoms with E-state index >= 15 is 0 Å². The fraction of sp³-hybridized carbons (Fsp3) is 0.190. The largest absolute Gasteiger partial charge is 0.496 e. The third-order valence-electron chi connectivity index (χ3n) is 4.43. The molecule has 1 aromatic heterocycles. The lowest BCUT2D eigenvalue weighted by molar-refractivity contribution is 0.0964. The number of ether oxygens (including phenoxy) is 1.